The second-order valence-corrected chi connectivity index (χ2v) is 5.05. The summed E-state index contributed by atoms with van der Waals surface area (Å²) in [6.07, 6.45) is 0.434. The Bertz CT molecular complexity index is 453. The summed E-state index contributed by atoms with van der Waals surface area (Å²) in [4.78, 5) is 12.1. The molecule has 0 radical (unpaired) electrons. The van der Waals surface area contributed by atoms with Gasteiger partial charge in [0, 0.05) is 18.0 Å². The number of hydrogen-bond acceptors (Lipinski definition) is 2. The van der Waals surface area contributed by atoms with Crippen LogP contribution in [-0.4, -0.2) is 16.9 Å². The quantitative estimate of drug-likeness (QED) is 0.838. The van der Waals surface area contributed by atoms with E-state index in [4.69, 9.17) is 18.0 Å². The number of nitrogens with two attached hydrogens (primary N) is 1. The van der Waals surface area contributed by atoms with Gasteiger partial charge in [-0.1, -0.05) is 12.2 Å². The molecule has 1 aromatic carbocycles. The van der Waals surface area contributed by atoms with E-state index in [0.717, 1.165) is 0 Å². The Morgan fingerprint density at radius 2 is 2.29 bits per heavy atom. The highest BCUT2D eigenvalue weighted by atomic mass is 79.9. The highest BCUT2D eigenvalue weighted by Crippen LogP contribution is 2.16. The zero-order chi connectivity index (χ0) is 13.0. The number of nitrogens with one attached hydrogen (secondary N) is 1. The summed E-state index contributed by atoms with van der Waals surface area (Å²) < 4.78 is 13.2. The maximum absolute atomic E-state index is 13.0. The molecule has 1 atom stereocenters. The molecule has 1 rings (SSSR count). The molecule has 92 valence electrons. The van der Waals surface area contributed by atoms with E-state index >= 15 is 0 Å². The number of thiocarbonyl (C=S) groups is 1. The lowest BCUT2D eigenvalue weighted by atomic mass is 10.1. The van der Waals surface area contributed by atoms with Crippen molar-refractivity contribution < 1.29 is 9.18 Å². The van der Waals surface area contributed by atoms with Crippen LogP contribution in [-0.2, 0) is 0 Å². The molecule has 1 amide bonds. The predicted octanol–water partition coefficient (Wildman–Crippen LogP) is 2.38. The van der Waals surface area contributed by atoms with Crippen LogP contribution in [0.25, 0.3) is 0 Å². The van der Waals surface area contributed by atoms with Crippen LogP contribution in [0, 0.1) is 5.82 Å². The summed E-state index contributed by atoms with van der Waals surface area (Å²) in [7, 11) is 0. The van der Waals surface area contributed by atoms with Gasteiger partial charge in [-0.15, -0.1) is 0 Å². The summed E-state index contributed by atoms with van der Waals surface area (Å²) in [6.45, 7) is 1.80. The third-order valence-corrected chi connectivity index (χ3v) is 2.84. The highest BCUT2D eigenvalue weighted by molar-refractivity contribution is 9.10. The van der Waals surface area contributed by atoms with Crippen molar-refractivity contribution in [1.29, 1.82) is 0 Å². The first-order chi connectivity index (χ1) is 7.90. The van der Waals surface area contributed by atoms with Crippen molar-refractivity contribution in [3.8, 4) is 0 Å². The van der Waals surface area contributed by atoms with E-state index in [1.54, 1.807) is 6.92 Å². The largest absolute Gasteiger partial charge is 0.393 e. The molecule has 0 aliphatic rings. The maximum atomic E-state index is 13.0. The fourth-order valence-corrected chi connectivity index (χ4v) is 1.93. The number of amides is 1. The van der Waals surface area contributed by atoms with Gasteiger partial charge in [-0.25, -0.2) is 4.39 Å². The molecule has 1 unspecified atom stereocenters. The topological polar surface area (TPSA) is 55.1 Å². The molecule has 3 nitrogen and oxygen atoms in total. The van der Waals surface area contributed by atoms with Gasteiger partial charge >= 0.3 is 0 Å². The Balaban J connectivity index is 2.70. The maximum Gasteiger partial charge on any atom is 0.251 e. The number of carbonyl (C=O) groups is 1. The minimum atomic E-state index is -0.405. The molecule has 0 spiro atoms. The van der Waals surface area contributed by atoms with Gasteiger partial charge in [0.15, 0.2) is 0 Å². The van der Waals surface area contributed by atoms with Gasteiger partial charge in [-0.3, -0.25) is 4.79 Å². The molecule has 6 heteroatoms. The number of rotatable bonds is 4. The van der Waals surface area contributed by atoms with Crippen LogP contribution in [0.15, 0.2) is 22.7 Å². The van der Waals surface area contributed by atoms with Gasteiger partial charge in [0.2, 0.25) is 0 Å². The smallest absolute Gasteiger partial charge is 0.251 e. The Labute approximate surface area is 113 Å². The van der Waals surface area contributed by atoms with E-state index in [-0.39, 0.29) is 16.4 Å². The van der Waals surface area contributed by atoms with E-state index in [1.807, 2.05) is 0 Å². The van der Waals surface area contributed by atoms with Crippen molar-refractivity contribution in [3.05, 3.63) is 34.1 Å². The fraction of sp³-hybridized carbons (Fsp3) is 0.273. The molecule has 3 N–H and O–H groups in total. The van der Waals surface area contributed by atoms with Crippen LogP contribution in [0.2, 0.25) is 0 Å². The summed E-state index contributed by atoms with van der Waals surface area (Å²) in [6, 6.07) is 3.93. The van der Waals surface area contributed by atoms with Crippen LogP contribution < -0.4 is 11.1 Å². The molecule has 0 aliphatic heterocycles. The molecule has 1 aromatic rings. The lowest BCUT2D eigenvalue weighted by Gasteiger charge is -2.13. The zero-order valence-electron chi connectivity index (χ0n) is 9.17. The number of hydrogen-bond donors (Lipinski definition) is 2. The lowest BCUT2D eigenvalue weighted by Crippen LogP contribution is -2.35. The molecule has 0 aliphatic carbocycles. The minimum absolute atomic E-state index is 0.149. The van der Waals surface area contributed by atoms with Gasteiger partial charge in [-0.05, 0) is 41.1 Å². The van der Waals surface area contributed by atoms with Gasteiger partial charge < -0.3 is 11.1 Å². The third kappa shape index (κ3) is 4.40. The van der Waals surface area contributed by atoms with Crippen LogP contribution in [0.5, 0.6) is 0 Å². The van der Waals surface area contributed by atoms with Crippen molar-refractivity contribution in [2.45, 2.75) is 19.4 Å². The average molecular weight is 319 g/mol. The number of carbonyl (C=O) groups excluding carboxylic acids is 1. The van der Waals surface area contributed by atoms with E-state index in [1.165, 1.54) is 18.2 Å². The first-order valence-corrected chi connectivity index (χ1v) is 6.14. The van der Waals surface area contributed by atoms with Crippen molar-refractivity contribution in [2.75, 3.05) is 0 Å². The first kappa shape index (κ1) is 14.1. The standard InChI is InChI=1S/C11H12BrFN2OS/c1-6(4-10(14)17)15-11(16)7-2-3-9(13)8(12)5-7/h2-3,5-6H,4H2,1H3,(H2,14,17)(H,15,16). The van der Waals surface area contributed by atoms with Gasteiger partial charge in [0.1, 0.15) is 5.82 Å². The monoisotopic (exact) mass is 318 g/mol. The van der Waals surface area contributed by atoms with Crippen LogP contribution in [0.3, 0.4) is 0 Å². The van der Waals surface area contributed by atoms with E-state index < -0.39 is 5.82 Å². The molecule has 0 saturated heterocycles. The highest BCUT2D eigenvalue weighted by Gasteiger charge is 2.11. The Morgan fingerprint density at radius 3 is 2.82 bits per heavy atom. The normalized spacial score (nSPS) is 11.9. The summed E-state index contributed by atoms with van der Waals surface area (Å²) in [5.41, 5.74) is 5.76. The zero-order valence-corrected chi connectivity index (χ0v) is 11.6. The molecule has 0 heterocycles. The van der Waals surface area contributed by atoms with Crippen LogP contribution in [0.1, 0.15) is 23.7 Å². The second kappa shape index (κ2) is 6.07. The summed E-state index contributed by atoms with van der Waals surface area (Å²) in [5, 5.41) is 2.72. The SMILES string of the molecule is CC(CC(N)=S)NC(=O)c1ccc(F)c(Br)c1. The predicted molar refractivity (Wildman–Crippen MR) is 72.4 cm³/mol. The van der Waals surface area contributed by atoms with Crippen LogP contribution >= 0.6 is 28.1 Å². The van der Waals surface area contributed by atoms with Crippen LogP contribution in [0.4, 0.5) is 4.39 Å². The third-order valence-electron chi connectivity index (χ3n) is 2.07. The summed E-state index contributed by atoms with van der Waals surface area (Å²) in [5.74, 6) is -0.688. The van der Waals surface area contributed by atoms with Gasteiger partial charge in [0.25, 0.3) is 5.91 Å². The first-order valence-electron chi connectivity index (χ1n) is 4.94. The van der Waals surface area contributed by atoms with Crippen molar-refractivity contribution in [3.63, 3.8) is 0 Å². The summed E-state index contributed by atoms with van der Waals surface area (Å²) >= 11 is 7.77. The Hall–Kier alpha value is -1.01. The molecule has 0 bridgehead atoms. The van der Waals surface area contributed by atoms with E-state index in [9.17, 15) is 9.18 Å². The number of benzene rings is 1. The van der Waals surface area contributed by atoms with Crippen molar-refractivity contribution in [2.24, 2.45) is 5.73 Å². The Kier molecular flexibility index (Phi) is 5.02. The molecular weight excluding hydrogens is 307 g/mol. The molecule has 17 heavy (non-hydrogen) atoms. The van der Waals surface area contributed by atoms with Crippen molar-refractivity contribution in [1.82, 2.24) is 5.32 Å². The van der Waals surface area contributed by atoms with Crippen molar-refractivity contribution >= 4 is 39.0 Å². The minimum Gasteiger partial charge on any atom is -0.393 e. The lowest BCUT2D eigenvalue weighted by molar-refractivity contribution is 0.0941. The molecule has 0 fully saturated rings. The molecule has 0 aromatic heterocycles. The van der Waals surface area contributed by atoms with E-state index in [2.05, 4.69) is 21.2 Å². The number of halogens is 2. The average Bonchev–Trinajstić information content (AvgIpc) is 2.20. The van der Waals surface area contributed by atoms with E-state index in [0.29, 0.717) is 17.0 Å². The second-order valence-electron chi connectivity index (χ2n) is 3.67. The fourth-order valence-electron chi connectivity index (χ4n) is 1.30. The Morgan fingerprint density at radius 1 is 1.65 bits per heavy atom. The van der Waals surface area contributed by atoms with Gasteiger partial charge in [-0.2, -0.15) is 0 Å². The molecular formula is C11H12BrFN2OS. The van der Waals surface area contributed by atoms with Gasteiger partial charge in [0.05, 0.1) is 9.46 Å². The molecule has 0 saturated carbocycles.